The van der Waals surface area contributed by atoms with E-state index in [0.717, 1.165) is 19.3 Å². The van der Waals surface area contributed by atoms with Crippen LogP contribution >= 0.6 is 11.6 Å². The minimum absolute atomic E-state index is 0.204. The molecule has 0 saturated carbocycles. The van der Waals surface area contributed by atoms with Gasteiger partial charge < -0.3 is 4.74 Å². The third-order valence-corrected chi connectivity index (χ3v) is 2.61. The van der Waals surface area contributed by atoms with E-state index in [9.17, 15) is 0 Å². The van der Waals surface area contributed by atoms with Crippen LogP contribution in [0.4, 0.5) is 0 Å². The van der Waals surface area contributed by atoms with Gasteiger partial charge in [-0.3, -0.25) is 0 Å². The zero-order valence-corrected chi connectivity index (χ0v) is 10.4. The second-order valence-electron chi connectivity index (χ2n) is 3.61. The summed E-state index contributed by atoms with van der Waals surface area (Å²) in [6.07, 6.45) is 3.20. The highest BCUT2D eigenvalue weighted by atomic mass is 35.5. The van der Waals surface area contributed by atoms with Crippen molar-refractivity contribution in [1.29, 1.82) is 10.5 Å². The number of unbranched alkanes of at least 4 members (excludes halogenated alkanes) is 2. The van der Waals surface area contributed by atoms with E-state index in [2.05, 4.69) is 6.92 Å². The summed E-state index contributed by atoms with van der Waals surface area (Å²) in [7, 11) is 0. The van der Waals surface area contributed by atoms with Crippen molar-refractivity contribution in [1.82, 2.24) is 0 Å². The Balaban J connectivity index is 2.79. The summed E-state index contributed by atoms with van der Waals surface area (Å²) >= 11 is 5.90. The van der Waals surface area contributed by atoms with Crippen LogP contribution in [0.3, 0.4) is 0 Å². The topological polar surface area (TPSA) is 56.8 Å². The second kappa shape index (κ2) is 6.78. The van der Waals surface area contributed by atoms with Crippen molar-refractivity contribution in [3.8, 4) is 17.9 Å². The van der Waals surface area contributed by atoms with Gasteiger partial charge in [-0.25, -0.2) is 0 Å². The molecule has 4 heteroatoms. The Morgan fingerprint density at radius 2 is 2.00 bits per heavy atom. The number of nitrogens with zero attached hydrogens (tertiary/aromatic N) is 2. The molecule has 3 nitrogen and oxygen atoms in total. The van der Waals surface area contributed by atoms with Gasteiger partial charge in [0.1, 0.15) is 17.9 Å². The molecule has 0 fully saturated rings. The molecule has 0 heterocycles. The van der Waals surface area contributed by atoms with Crippen LogP contribution in [-0.4, -0.2) is 6.61 Å². The maximum Gasteiger partial charge on any atom is 0.122 e. The number of halogens is 1. The van der Waals surface area contributed by atoms with Crippen molar-refractivity contribution in [2.45, 2.75) is 26.2 Å². The van der Waals surface area contributed by atoms with E-state index >= 15 is 0 Å². The molecule has 1 rings (SSSR count). The van der Waals surface area contributed by atoms with Crippen molar-refractivity contribution in [3.05, 3.63) is 28.3 Å². The first-order chi connectivity index (χ1) is 8.22. The lowest BCUT2D eigenvalue weighted by molar-refractivity contribution is 0.306. The Bertz CT molecular complexity index is 472. The highest BCUT2D eigenvalue weighted by Gasteiger charge is 2.09. The van der Waals surface area contributed by atoms with Gasteiger partial charge in [-0.05, 0) is 12.5 Å². The Morgan fingerprint density at radius 3 is 2.59 bits per heavy atom. The summed E-state index contributed by atoms with van der Waals surface area (Å²) < 4.78 is 5.49. The van der Waals surface area contributed by atoms with Gasteiger partial charge in [0.15, 0.2) is 0 Å². The zero-order chi connectivity index (χ0) is 12.7. The quantitative estimate of drug-likeness (QED) is 0.748. The lowest BCUT2D eigenvalue weighted by Gasteiger charge is -2.07. The summed E-state index contributed by atoms with van der Waals surface area (Å²) in [5.41, 5.74) is 0.459. The van der Waals surface area contributed by atoms with E-state index in [1.165, 1.54) is 0 Å². The van der Waals surface area contributed by atoms with Gasteiger partial charge >= 0.3 is 0 Å². The van der Waals surface area contributed by atoms with Crippen LogP contribution in [0.5, 0.6) is 5.75 Å². The largest absolute Gasteiger partial charge is 0.493 e. The van der Waals surface area contributed by atoms with Crippen molar-refractivity contribution < 1.29 is 4.74 Å². The average Bonchev–Trinajstić information content (AvgIpc) is 2.34. The molecule has 0 spiro atoms. The highest BCUT2D eigenvalue weighted by molar-refractivity contribution is 6.32. The molecule has 0 atom stereocenters. The summed E-state index contributed by atoms with van der Waals surface area (Å²) in [5, 5.41) is 18.0. The first-order valence-corrected chi connectivity index (χ1v) is 5.87. The molecule has 0 unspecified atom stereocenters. The number of ether oxygens (including phenoxy) is 1. The van der Waals surface area contributed by atoms with E-state index in [1.54, 1.807) is 12.1 Å². The van der Waals surface area contributed by atoms with Crippen molar-refractivity contribution in [3.63, 3.8) is 0 Å². The van der Waals surface area contributed by atoms with Crippen LogP contribution in [0.2, 0.25) is 5.02 Å². The second-order valence-corrected chi connectivity index (χ2v) is 4.01. The Kier molecular flexibility index (Phi) is 5.33. The lowest BCUT2D eigenvalue weighted by atomic mass is 10.1. The maximum atomic E-state index is 8.89. The Labute approximate surface area is 106 Å². The van der Waals surface area contributed by atoms with Crippen LogP contribution in [-0.2, 0) is 0 Å². The molecule has 0 aliphatic rings. The smallest absolute Gasteiger partial charge is 0.122 e. The standard InChI is InChI=1S/C13H13ClN2O/c1-2-3-4-5-17-11-6-10(8-15)12(9-16)13(14)7-11/h6-7H,2-5H2,1H3. The molecule has 0 N–H and O–H groups in total. The minimum atomic E-state index is 0.204. The molecule has 0 aliphatic heterocycles. The predicted molar refractivity (Wildman–Crippen MR) is 65.9 cm³/mol. The Hall–Kier alpha value is -1.71. The molecular weight excluding hydrogens is 236 g/mol. The normalized spacial score (nSPS) is 9.41. The molecule has 0 radical (unpaired) electrons. The fourth-order valence-corrected chi connectivity index (χ4v) is 1.66. The van der Waals surface area contributed by atoms with Crippen LogP contribution in [0.15, 0.2) is 12.1 Å². The van der Waals surface area contributed by atoms with Crippen molar-refractivity contribution in [2.75, 3.05) is 6.61 Å². The number of benzene rings is 1. The van der Waals surface area contributed by atoms with Crippen LogP contribution < -0.4 is 4.74 Å². The van der Waals surface area contributed by atoms with E-state index in [1.807, 2.05) is 12.1 Å². The summed E-state index contributed by atoms with van der Waals surface area (Å²) in [5.74, 6) is 0.543. The minimum Gasteiger partial charge on any atom is -0.493 e. The van der Waals surface area contributed by atoms with Gasteiger partial charge in [0.05, 0.1) is 22.8 Å². The molecule has 88 valence electrons. The highest BCUT2D eigenvalue weighted by Crippen LogP contribution is 2.26. The predicted octanol–water partition coefficient (Wildman–Crippen LogP) is 3.65. The fourth-order valence-electron chi connectivity index (χ4n) is 1.41. The van der Waals surface area contributed by atoms with Gasteiger partial charge in [0.25, 0.3) is 0 Å². The molecule has 0 bridgehead atoms. The van der Waals surface area contributed by atoms with Crippen LogP contribution in [0.1, 0.15) is 37.3 Å². The lowest BCUT2D eigenvalue weighted by Crippen LogP contribution is -1.98. The van der Waals surface area contributed by atoms with E-state index in [0.29, 0.717) is 12.4 Å². The number of hydrogen-bond acceptors (Lipinski definition) is 3. The monoisotopic (exact) mass is 248 g/mol. The van der Waals surface area contributed by atoms with Crippen molar-refractivity contribution >= 4 is 11.6 Å². The summed E-state index contributed by atoms with van der Waals surface area (Å²) in [6, 6.07) is 6.98. The molecule has 17 heavy (non-hydrogen) atoms. The molecule has 0 aliphatic carbocycles. The maximum absolute atomic E-state index is 8.89. The van der Waals surface area contributed by atoms with E-state index < -0.39 is 0 Å². The number of nitriles is 2. The number of hydrogen-bond donors (Lipinski definition) is 0. The van der Waals surface area contributed by atoms with Gasteiger partial charge in [-0.2, -0.15) is 10.5 Å². The molecule has 1 aromatic carbocycles. The average molecular weight is 249 g/mol. The molecular formula is C13H13ClN2O. The summed E-state index contributed by atoms with van der Waals surface area (Å²) in [6.45, 7) is 2.72. The third kappa shape index (κ3) is 3.66. The van der Waals surface area contributed by atoms with E-state index in [4.69, 9.17) is 26.9 Å². The van der Waals surface area contributed by atoms with Gasteiger partial charge in [-0.1, -0.05) is 31.4 Å². The SMILES string of the molecule is CCCCCOc1cc(Cl)c(C#N)c(C#N)c1. The summed E-state index contributed by atoms with van der Waals surface area (Å²) in [4.78, 5) is 0. The fraction of sp³-hybridized carbons (Fsp3) is 0.385. The first-order valence-electron chi connectivity index (χ1n) is 5.49. The van der Waals surface area contributed by atoms with Crippen LogP contribution in [0.25, 0.3) is 0 Å². The Morgan fingerprint density at radius 1 is 1.24 bits per heavy atom. The van der Waals surface area contributed by atoms with Gasteiger partial charge in [0.2, 0.25) is 0 Å². The van der Waals surface area contributed by atoms with Crippen molar-refractivity contribution in [2.24, 2.45) is 0 Å². The van der Waals surface area contributed by atoms with E-state index in [-0.39, 0.29) is 16.1 Å². The van der Waals surface area contributed by atoms with Gasteiger partial charge in [-0.15, -0.1) is 0 Å². The molecule has 1 aromatic rings. The third-order valence-electron chi connectivity index (χ3n) is 2.31. The molecule has 0 saturated heterocycles. The molecule has 0 aromatic heterocycles. The number of rotatable bonds is 5. The van der Waals surface area contributed by atoms with Gasteiger partial charge in [0, 0.05) is 6.07 Å². The first kappa shape index (κ1) is 13.4. The molecule has 0 amide bonds. The van der Waals surface area contributed by atoms with Crippen LogP contribution in [0, 0.1) is 22.7 Å². The zero-order valence-electron chi connectivity index (χ0n) is 9.66.